The quantitative estimate of drug-likeness (QED) is 0.0283. The smallest absolute Gasteiger partial charge is 0.256 e. The number of hydrogen-bond acceptors (Lipinski definition) is 13. The molecule has 1 aliphatic heterocycles. The highest BCUT2D eigenvalue weighted by molar-refractivity contribution is 6.09. The standard InChI is InChI=1S/C47H54N10O5/c1-5-20-50-45(60)37-28-51-46(55-44(37)54-41-9-6-8-40(53-41)47(2,3)61)52-33-12-15-35(16-13-33)57-25-23-56(24-26-57)22-7-21-49-34-14-17-36-31(27-34)10-18-39-43(36)38(30-62-39)32(29-58)11-19-42(59)48-4/h5-6,8-10,12-18,27-30,32,49,61H,1,7,11,19-26H2,2-4H3,(H,48,59)(H,50,60)(H2,51,52,53,54,55). The van der Waals surface area contributed by atoms with Gasteiger partial charge in [-0.2, -0.15) is 4.98 Å². The lowest BCUT2D eigenvalue weighted by molar-refractivity contribution is -0.120. The molecule has 0 radical (unpaired) electrons. The van der Waals surface area contributed by atoms with Gasteiger partial charge in [0.25, 0.3) is 5.91 Å². The van der Waals surface area contributed by atoms with Crippen molar-refractivity contribution in [1.82, 2.24) is 30.5 Å². The zero-order valence-electron chi connectivity index (χ0n) is 35.4. The van der Waals surface area contributed by atoms with Crippen LogP contribution in [0.2, 0.25) is 0 Å². The van der Waals surface area contributed by atoms with Crippen LogP contribution >= 0.6 is 0 Å². The second-order valence-electron chi connectivity index (χ2n) is 15.8. The topological polar surface area (TPSA) is 190 Å². The van der Waals surface area contributed by atoms with Gasteiger partial charge in [-0.3, -0.25) is 14.5 Å². The number of pyridine rings is 1. The van der Waals surface area contributed by atoms with E-state index in [1.807, 2.05) is 24.3 Å². The molecule has 15 heteroatoms. The van der Waals surface area contributed by atoms with Crippen LogP contribution in [0.15, 0.2) is 102 Å². The molecule has 1 saturated heterocycles. The maximum atomic E-state index is 13.0. The van der Waals surface area contributed by atoms with E-state index >= 15 is 0 Å². The van der Waals surface area contributed by atoms with Crippen LogP contribution in [0.4, 0.5) is 34.6 Å². The Hall–Kier alpha value is -6.84. The van der Waals surface area contributed by atoms with Crippen molar-refractivity contribution in [3.8, 4) is 0 Å². The first kappa shape index (κ1) is 43.3. The number of nitrogens with one attached hydrogen (secondary N) is 5. The molecule has 0 saturated carbocycles. The van der Waals surface area contributed by atoms with Gasteiger partial charge in [0.2, 0.25) is 11.9 Å². The number of aldehydes is 1. The predicted molar refractivity (Wildman–Crippen MR) is 245 cm³/mol. The minimum atomic E-state index is -1.15. The van der Waals surface area contributed by atoms with Crippen molar-refractivity contribution in [3.05, 3.63) is 115 Å². The largest absolute Gasteiger partial charge is 0.464 e. The summed E-state index contributed by atoms with van der Waals surface area (Å²) in [6, 6.07) is 23.7. The van der Waals surface area contributed by atoms with Crippen LogP contribution in [0.1, 0.15) is 60.6 Å². The summed E-state index contributed by atoms with van der Waals surface area (Å²) in [6.45, 7) is 12.9. The monoisotopic (exact) mass is 838 g/mol. The van der Waals surface area contributed by atoms with Gasteiger partial charge in [0.05, 0.1) is 12.0 Å². The van der Waals surface area contributed by atoms with E-state index < -0.39 is 11.5 Å². The summed E-state index contributed by atoms with van der Waals surface area (Å²) in [5.41, 5.74) is 4.06. The highest BCUT2D eigenvalue weighted by Crippen LogP contribution is 2.36. The van der Waals surface area contributed by atoms with Crippen molar-refractivity contribution in [3.63, 3.8) is 0 Å². The molecule has 3 aromatic heterocycles. The molecule has 0 aliphatic carbocycles. The fourth-order valence-corrected chi connectivity index (χ4v) is 7.56. The molecule has 4 heterocycles. The van der Waals surface area contributed by atoms with Crippen LogP contribution in [0.5, 0.6) is 0 Å². The van der Waals surface area contributed by atoms with E-state index in [9.17, 15) is 19.5 Å². The lowest BCUT2D eigenvalue weighted by Gasteiger charge is -2.36. The molecule has 7 rings (SSSR count). The van der Waals surface area contributed by atoms with E-state index in [1.165, 1.54) is 6.20 Å². The first-order valence-electron chi connectivity index (χ1n) is 20.9. The molecule has 0 bridgehead atoms. The zero-order chi connectivity index (χ0) is 43.6. The Bertz CT molecular complexity index is 2530. The lowest BCUT2D eigenvalue weighted by Crippen LogP contribution is -2.46. The number of fused-ring (bicyclic) bond motifs is 3. The van der Waals surface area contributed by atoms with Gasteiger partial charge in [-0.05, 0) is 98.6 Å². The predicted octanol–water partition coefficient (Wildman–Crippen LogP) is 6.83. The third-order valence-corrected chi connectivity index (χ3v) is 11.0. The molecule has 322 valence electrons. The van der Waals surface area contributed by atoms with Crippen LogP contribution in [-0.4, -0.2) is 95.9 Å². The summed E-state index contributed by atoms with van der Waals surface area (Å²) in [4.78, 5) is 55.3. The Balaban J connectivity index is 0.900. The van der Waals surface area contributed by atoms with E-state index in [1.54, 1.807) is 51.4 Å². The Morgan fingerprint density at radius 3 is 2.52 bits per heavy atom. The Kier molecular flexibility index (Phi) is 13.7. The van der Waals surface area contributed by atoms with Crippen molar-refractivity contribution in [2.75, 3.05) is 73.7 Å². The average molecular weight is 839 g/mol. The maximum absolute atomic E-state index is 13.0. The average Bonchev–Trinajstić information content (AvgIpc) is 3.72. The second-order valence-corrected chi connectivity index (χ2v) is 15.8. The van der Waals surface area contributed by atoms with E-state index in [4.69, 9.17) is 4.42 Å². The fraction of sp³-hybridized carbons (Fsp3) is 0.319. The maximum Gasteiger partial charge on any atom is 0.256 e. The molecule has 6 aromatic rings. The number of carbonyl (C=O) groups excluding carboxylic acids is 3. The first-order chi connectivity index (χ1) is 30.0. The third kappa shape index (κ3) is 10.5. The number of amides is 2. The Morgan fingerprint density at radius 2 is 1.77 bits per heavy atom. The fourth-order valence-electron chi connectivity index (χ4n) is 7.56. The molecule has 0 spiro atoms. The first-order valence-corrected chi connectivity index (χ1v) is 20.9. The number of furan rings is 1. The molecule has 15 nitrogen and oxygen atoms in total. The van der Waals surface area contributed by atoms with Crippen molar-refractivity contribution in [2.24, 2.45) is 0 Å². The summed E-state index contributed by atoms with van der Waals surface area (Å²) in [5, 5.41) is 28.8. The summed E-state index contributed by atoms with van der Waals surface area (Å²) >= 11 is 0. The van der Waals surface area contributed by atoms with Crippen LogP contribution in [0, 0.1) is 0 Å². The number of carbonyl (C=O) groups is 3. The van der Waals surface area contributed by atoms with E-state index in [2.05, 4.69) is 88.2 Å². The number of aliphatic hydroxyl groups is 1. The van der Waals surface area contributed by atoms with Crippen LogP contribution in [-0.2, 0) is 15.2 Å². The number of anilines is 6. The molecule has 62 heavy (non-hydrogen) atoms. The van der Waals surface area contributed by atoms with E-state index in [-0.39, 0.29) is 36.2 Å². The van der Waals surface area contributed by atoms with E-state index in [0.717, 1.165) is 96.3 Å². The Morgan fingerprint density at radius 1 is 0.984 bits per heavy atom. The van der Waals surface area contributed by atoms with Crippen LogP contribution < -0.4 is 31.5 Å². The molecule has 1 atom stereocenters. The molecule has 1 fully saturated rings. The van der Waals surface area contributed by atoms with Crippen molar-refractivity contribution in [1.29, 1.82) is 0 Å². The summed E-state index contributed by atoms with van der Waals surface area (Å²) in [7, 11) is 1.60. The minimum absolute atomic E-state index is 0.0925. The van der Waals surface area contributed by atoms with Crippen LogP contribution in [0.3, 0.4) is 0 Å². The van der Waals surface area contributed by atoms with Crippen molar-refractivity contribution in [2.45, 2.75) is 44.6 Å². The third-order valence-electron chi connectivity index (χ3n) is 11.0. The SMILES string of the molecule is C=CCNC(=O)c1cnc(Nc2ccc(N3CCN(CCCNc4ccc5c(ccc6occ(C(C=O)CCC(=O)NC)c65)c4)CC3)cc2)nc1Nc1cccc(C(C)(C)O)n1. The molecular formula is C47H54N10O5. The normalized spacial score (nSPS) is 13.7. The molecule has 6 N–H and O–H groups in total. The van der Waals surface area contributed by atoms with Crippen molar-refractivity contribution < 1.29 is 23.9 Å². The van der Waals surface area contributed by atoms with Gasteiger partial charge in [-0.1, -0.05) is 24.3 Å². The van der Waals surface area contributed by atoms with Gasteiger partial charge in [0, 0.05) is 92.9 Å². The van der Waals surface area contributed by atoms with Gasteiger partial charge >= 0.3 is 0 Å². The highest BCUT2D eigenvalue weighted by atomic mass is 16.3. The second kappa shape index (κ2) is 19.7. The number of benzene rings is 3. The zero-order valence-corrected chi connectivity index (χ0v) is 35.4. The van der Waals surface area contributed by atoms with Crippen LogP contribution in [0.25, 0.3) is 21.7 Å². The molecule has 1 aliphatic rings. The van der Waals surface area contributed by atoms with Gasteiger partial charge in [-0.25, -0.2) is 9.97 Å². The molecule has 3 aromatic carbocycles. The molecule has 2 amide bonds. The van der Waals surface area contributed by atoms with Gasteiger partial charge in [0.15, 0.2) is 0 Å². The Labute approximate surface area is 361 Å². The number of piperazine rings is 1. The highest BCUT2D eigenvalue weighted by Gasteiger charge is 2.22. The van der Waals surface area contributed by atoms with Gasteiger partial charge in [0.1, 0.15) is 34.7 Å². The lowest BCUT2D eigenvalue weighted by atomic mass is 9.92. The van der Waals surface area contributed by atoms with Gasteiger partial charge in [-0.15, -0.1) is 6.58 Å². The summed E-state index contributed by atoms with van der Waals surface area (Å²) in [5.74, 6) is 0.102. The molecular weight excluding hydrogens is 785 g/mol. The molecule has 1 unspecified atom stereocenters. The van der Waals surface area contributed by atoms with Crippen molar-refractivity contribution >= 4 is 74.5 Å². The number of hydrogen-bond donors (Lipinski definition) is 6. The number of nitrogens with zero attached hydrogens (tertiary/aromatic N) is 5. The summed E-state index contributed by atoms with van der Waals surface area (Å²) < 4.78 is 5.83. The number of aromatic nitrogens is 3. The van der Waals surface area contributed by atoms with Gasteiger partial charge < -0.3 is 45.8 Å². The minimum Gasteiger partial charge on any atom is -0.464 e. The van der Waals surface area contributed by atoms with E-state index in [0.29, 0.717) is 23.9 Å². The number of rotatable bonds is 19. The summed E-state index contributed by atoms with van der Waals surface area (Å²) in [6.07, 6.45) is 7.30.